The van der Waals surface area contributed by atoms with Crippen LogP contribution in [-0.2, 0) is 4.79 Å². The van der Waals surface area contributed by atoms with E-state index in [2.05, 4.69) is 5.32 Å². The fourth-order valence-corrected chi connectivity index (χ4v) is 2.64. The van der Waals surface area contributed by atoms with Crippen LogP contribution in [0.5, 0.6) is 0 Å². The number of nitrogen functional groups attached to an aromatic ring is 1. The number of carbonyl (C=O) groups is 1. The summed E-state index contributed by atoms with van der Waals surface area (Å²) in [5.41, 5.74) is 8.79. The summed E-state index contributed by atoms with van der Waals surface area (Å²) in [5, 5.41) is 2.83. The first kappa shape index (κ1) is 15.4. The van der Waals surface area contributed by atoms with Gasteiger partial charge in [-0.15, -0.1) is 11.8 Å². The van der Waals surface area contributed by atoms with Gasteiger partial charge in [-0.3, -0.25) is 4.79 Å². The van der Waals surface area contributed by atoms with E-state index in [4.69, 9.17) is 5.73 Å². The monoisotopic (exact) mass is 304 g/mol. The topological polar surface area (TPSA) is 55.1 Å². The largest absolute Gasteiger partial charge is 0.399 e. The normalized spacial score (nSPS) is 10.4. The Morgan fingerprint density at radius 2 is 2.00 bits per heavy atom. The molecule has 5 heteroatoms. The Bertz CT molecular complexity index is 673. The van der Waals surface area contributed by atoms with E-state index in [9.17, 15) is 9.18 Å². The first-order valence-corrected chi connectivity index (χ1v) is 7.49. The molecule has 3 N–H and O–H groups in total. The second kappa shape index (κ2) is 6.63. The summed E-state index contributed by atoms with van der Waals surface area (Å²) in [7, 11) is 0. The van der Waals surface area contributed by atoms with Gasteiger partial charge in [-0.25, -0.2) is 4.39 Å². The molecule has 2 rings (SSSR count). The minimum absolute atomic E-state index is 0.147. The molecule has 0 atom stereocenters. The highest BCUT2D eigenvalue weighted by molar-refractivity contribution is 8.00. The number of amides is 1. The van der Waals surface area contributed by atoms with Crippen molar-refractivity contribution in [2.45, 2.75) is 18.7 Å². The summed E-state index contributed by atoms with van der Waals surface area (Å²) in [5.74, 6) is -0.420. The zero-order valence-electron chi connectivity index (χ0n) is 11.9. The van der Waals surface area contributed by atoms with Crippen LogP contribution in [-0.4, -0.2) is 11.7 Å². The molecule has 0 aliphatic carbocycles. The summed E-state index contributed by atoms with van der Waals surface area (Å²) in [4.78, 5) is 12.3. The number of halogens is 1. The molecular formula is C16H17FN2OS. The molecule has 0 unspecified atom stereocenters. The number of benzene rings is 2. The minimum atomic E-state index is -0.403. The van der Waals surface area contributed by atoms with Crippen LogP contribution in [0.3, 0.4) is 0 Å². The summed E-state index contributed by atoms with van der Waals surface area (Å²) in [6, 6.07) is 10.3. The Hall–Kier alpha value is -2.01. The second-order valence-electron chi connectivity index (χ2n) is 4.85. The molecule has 0 aromatic heterocycles. The Kier molecular flexibility index (Phi) is 4.85. The van der Waals surface area contributed by atoms with Gasteiger partial charge < -0.3 is 11.1 Å². The van der Waals surface area contributed by atoms with Crippen molar-refractivity contribution in [1.82, 2.24) is 0 Å². The zero-order valence-corrected chi connectivity index (χ0v) is 12.8. The van der Waals surface area contributed by atoms with Gasteiger partial charge in [0.15, 0.2) is 0 Å². The van der Waals surface area contributed by atoms with Crippen molar-refractivity contribution in [1.29, 1.82) is 0 Å². The highest BCUT2D eigenvalue weighted by Gasteiger charge is 2.08. The van der Waals surface area contributed by atoms with Gasteiger partial charge in [-0.2, -0.15) is 0 Å². The predicted octanol–water partition coefficient (Wildman–Crippen LogP) is 3.76. The molecule has 2 aromatic carbocycles. The third-order valence-corrected chi connectivity index (χ3v) is 4.02. The van der Waals surface area contributed by atoms with Gasteiger partial charge in [0.25, 0.3) is 0 Å². The lowest BCUT2D eigenvalue weighted by atomic mass is 10.1. The van der Waals surface area contributed by atoms with Crippen molar-refractivity contribution in [3.63, 3.8) is 0 Å². The van der Waals surface area contributed by atoms with Crippen molar-refractivity contribution in [2.75, 3.05) is 16.8 Å². The summed E-state index contributed by atoms with van der Waals surface area (Å²) in [6.07, 6.45) is 0. The maximum absolute atomic E-state index is 13.6. The molecule has 0 bridgehead atoms. The van der Waals surface area contributed by atoms with Crippen LogP contribution < -0.4 is 11.1 Å². The van der Waals surface area contributed by atoms with Gasteiger partial charge in [-0.05, 0) is 43.7 Å². The third-order valence-electron chi connectivity index (χ3n) is 2.97. The van der Waals surface area contributed by atoms with E-state index in [0.29, 0.717) is 10.6 Å². The molecule has 110 valence electrons. The standard InChI is InChI=1S/C16H17FN2OS/c1-10-3-5-14(11(2)7-10)19-16(20)9-21-15-6-4-12(18)8-13(15)17/h3-8H,9,18H2,1-2H3,(H,19,20). The molecule has 0 saturated heterocycles. The minimum Gasteiger partial charge on any atom is -0.399 e. The molecule has 21 heavy (non-hydrogen) atoms. The van der Waals surface area contributed by atoms with Crippen molar-refractivity contribution in [2.24, 2.45) is 0 Å². The average molecular weight is 304 g/mol. The smallest absolute Gasteiger partial charge is 0.234 e. The lowest BCUT2D eigenvalue weighted by molar-refractivity contribution is -0.113. The fourth-order valence-electron chi connectivity index (χ4n) is 1.92. The molecule has 0 heterocycles. The summed E-state index contributed by atoms with van der Waals surface area (Å²) >= 11 is 1.15. The second-order valence-corrected chi connectivity index (χ2v) is 5.86. The van der Waals surface area contributed by atoms with Crippen molar-refractivity contribution < 1.29 is 9.18 Å². The van der Waals surface area contributed by atoms with Crippen molar-refractivity contribution in [3.8, 4) is 0 Å². The van der Waals surface area contributed by atoms with Gasteiger partial charge in [0, 0.05) is 16.3 Å². The highest BCUT2D eigenvalue weighted by Crippen LogP contribution is 2.24. The van der Waals surface area contributed by atoms with Crippen LogP contribution in [0.4, 0.5) is 15.8 Å². The Labute approximate surface area is 127 Å². The van der Waals surface area contributed by atoms with Crippen LogP contribution in [0.15, 0.2) is 41.3 Å². The lowest BCUT2D eigenvalue weighted by Gasteiger charge is -2.09. The summed E-state index contributed by atoms with van der Waals surface area (Å²) < 4.78 is 13.6. The number of hydrogen-bond acceptors (Lipinski definition) is 3. The number of nitrogens with one attached hydrogen (secondary N) is 1. The molecule has 0 radical (unpaired) electrons. The number of thioether (sulfide) groups is 1. The van der Waals surface area contributed by atoms with E-state index >= 15 is 0 Å². The Morgan fingerprint density at radius 3 is 2.67 bits per heavy atom. The predicted molar refractivity (Wildman–Crippen MR) is 86.1 cm³/mol. The molecule has 1 amide bonds. The van der Waals surface area contributed by atoms with Crippen LogP contribution >= 0.6 is 11.8 Å². The number of anilines is 2. The average Bonchev–Trinajstić information content (AvgIpc) is 2.41. The lowest BCUT2D eigenvalue weighted by Crippen LogP contribution is -2.15. The van der Waals surface area contributed by atoms with Gasteiger partial charge in [0.2, 0.25) is 5.91 Å². The van der Waals surface area contributed by atoms with E-state index in [1.54, 1.807) is 12.1 Å². The molecule has 0 aliphatic rings. The van der Waals surface area contributed by atoms with Gasteiger partial charge in [0.1, 0.15) is 5.82 Å². The number of hydrogen-bond donors (Lipinski definition) is 2. The molecule has 0 fully saturated rings. The van der Waals surface area contributed by atoms with Crippen LogP contribution in [0.2, 0.25) is 0 Å². The Balaban J connectivity index is 1.96. The number of aryl methyl sites for hydroxylation is 2. The molecular weight excluding hydrogens is 287 g/mol. The third kappa shape index (κ3) is 4.23. The van der Waals surface area contributed by atoms with Crippen LogP contribution in [0.1, 0.15) is 11.1 Å². The SMILES string of the molecule is Cc1ccc(NC(=O)CSc2ccc(N)cc2F)c(C)c1. The van der Waals surface area contributed by atoms with Gasteiger partial charge >= 0.3 is 0 Å². The fraction of sp³-hybridized carbons (Fsp3) is 0.188. The van der Waals surface area contributed by atoms with Crippen LogP contribution in [0.25, 0.3) is 0 Å². The van der Waals surface area contributed by atoms with Crippen molar-refractivity contribution >= 4 is 29.0 Å². The van der Waals surface area contributed by atoms with Gasteiger partial charge in [0.05, 0.1) is 5.75 Å². The maximum Gasteiger partial charge on any atom is 0.234 e. The van der Waals surface area contributed by atoms with Gasteiger partial charge in [-0.1, -0.05) is 17.7 Å². The number of rotatable bonds is 4. The molecule has 0 spiro atoms. The molecule has 0 saturated carbocycles. The van der Waals surface area contributed by atoms with E-state index in [1.807, 2.05) is 32.0 Å². The molecule has 3 nitrogen and oxygen atoms in total. The zero-order chi connectivity index (χ0) is 15.4. The highest BCUT2D eigenvalue weighted by atomic mass is 32.2. The van der Waals surface area contributed by atoms with E-state index in [1.165, 1.54) is 6.07 Å². The Morgan fingerprint density at radius 1 is 1.24 bits per heavy atom. The van der Waals surface area contributed by atoms with E-state index < -0.39 is 5.82 Å². The first-order valence-electron chi connectivity index (χ1n) is 6.50. The number of carbonyl (C=O) groups excluding carboxylic acids is 1. The number of nitrogens with two attached hydrogens (primary N) is 1. The summed E-state index contributed by atoms with van der Waals surface area (Å²) in [6.45, 7) is 3.94. The molecule has 0 aliphatic heterocycles. The van der Waals surface area contributed by atoms with Crippen molar-refractivity contribution in [3.05, 3.63) is 53.3 Å². The van der Waals surface area contributed by atoms with E-state index in [0.717, 1.165) is 28.6 Å². The van der Waals surface area contributed by atoms with Crippen LogP contribution in [0, 0.1) is 19.7 Å². The molecule has 2 aromatic rings. The maximum atomic E-state index is 13.6. The first-order chi connectivity index (χ1) is 9.95. The van der Waals surface area contributed by atoms with E-state index in [-0.39, 0.29) is 11.7 Å². The quantitative estimate of drug-likeness (QED) is 0.668.